The quantitative estimate of drug-likeness (QED) is 0.924. The van der Waals surface area contributed by atoms with Gasteiger partial charge in [-0.3, -0.25) is 0 Å². The van der Waals surface area contributed by atoms with Crippen molar-refractivity contribution in [3.05, 3.63) is 33.3 Å². The maximum absolute atomic E-state index is 11.7. The summed E-state index contributed by atoms with van der Waals surface area (Å²) in [5.74, 6) is -0.0526. The number of hydrogen-bond donors (Lipinski definition) is 1. The second-order valence-electron chi connectivity index (χ2n) is 3.77. The second-order valence-corrected chi connectivity index (χ2v) is 6.81. The zero-order chi connectivity index (χ0) is 12.3. The molecule has 0 bridgehead atoms. The minimum atomic E-state index is -3.29. The molecule has 0 aliphatic heterocycles. The second kappa shape index (κ2) is 5.49. The van der Waals surface area contributed by atoms with Gasteiger partial charge in [0.1, 0.15) is 0 Å². The standard InChI is InChI=1S/C10H13BrClNO2S/c1-7(2)13-16(14,15)6-8-3-4-9(12)5-10(8)11/h3-5,7,13H,6H2,1-2H3. The van der Waals surface area contributed by atoms with E-state index in [9.17, 15) is 8.42 Å². The first-order chi connectivity index (χ1) is 7.30. The van der Waals surface area contributed by atoms with Crippen molar-refractivity contribution in [3.63, 3.8) is 0 Å². The highest BCUT2D eigenvalue weighted by atomic mass is 79.9. The summed E-state index contributed by atoms with van der Waals surface area (Å²) in [5, 5.41) is 0.574. The highest BCUT2D eigenvalue weighted by Gasteiger charge is 2.14. The lowest BCUT2D eigenvalue weighted by Gasteiger charge is -2.10. The molecule has 0 unspecified atom stereocenters. The van der Waals surface area contributed by atoms with Gasteiger partial charge >= 0.3 is 0 Å². The van der Waals surface area contributed by atoms with Gasteiger partial charge in [-0.05, 0) is 31.5 Å². The lowest BCUT2D eigenvalue weighted by atomic mass is 10.2. The van der Waals surface area contributed by atoms with Crippen molar-refractivity contribution in [1.82, 2.24) is 4.72 Å². The van der Waals surface area contributed by atoms with E-state index in [1.165, 1.54) is 0 Å². The zero-order valence-corrected chi connectivity index (χ0v) is 12.2. The van der Waals surface area contributed by atoms with Crippen LogP contribution in [0.15, 0.2) is 22.7 Å². The number of rotatable bonds is 4. The molecule has 3 nitrogen and oxygen atoms in total. The van der Waals surface area contributed by atoms with Crippen LogP contribution in [0.4, 0.5) is 0 Å². The lowest BCUT2D eigenvalue weighted by Crippen LogP contribution is -2.31. The predicted molar refractivity (Wildman–Crippen MR) is 70.0 cm³/mol. The Balaban J connectivity index is 2.88. The molecule has 16 heavy (non-hydrogen) atoms. The summed E-state index contributed by atoms with van der Waals surface area (Å²) < 4.78 is 26.6. The van der Waals surface area contributed by atoms with Crippen LogP contribution >= 0.6 is 27.5 Å². The van der Waals surface area contributed by atoms with Crippen LogP contribution in [0.3, 0.4) is 0 Å². The van der Waals surface area contributed by atoms with Gasteiger partial charge in [0.25, 0.3) is 0 Å². The summed E-state index contributed by atoms with van der Waals surface area (Å²) in [6.07, 6.45) is 0. The Hall–Kier alpha value is -0.100. The third kappa shape index (κ3) is 4.41. The molecular weight excluding hydrogens is 314 g/mol. The van der Waals surface area contributed by atoms with Crippen molar-refractivity contribution in [3.8, 4) is 0 Å². The average Bonchev–Trinajstić information content (AvgIpc) is 2.07. The van der Waals surface area contributed by atoms with Crippen LogP contribution in [0, 0.1) is 0 Å². The number of nitrogens with one attached hydrogen (secondary N) is 1. The van der Waals surface area contributed by atoms with Crippen molar-refractivity contribution in [2.45, 2.75) is 25.6 Å². The fourth-order valence-electron chi connectivity index (χ4n) is 1.24. The molecule has 0 atom stereocenters. The van der Waals surface area contributed by atoms with E-state index in [0.717, 1.165) is 0 Å². The van der Waals surface area contributed by atoms with Crippen LogP contribution in [-0.4, -0.2) is 14.5 Å². The van der Waals surface area contributed by atoms with E-state index in [0.29, 0.717) is 15.1 Å². The predicted octanol–water partition coefficient (Wildman–Crippen LogP) is 2.93. The maximum atomic E-state index is 11.7. The molecule has 0 heterocycles. The molecule has 0 aliphatic carbocycles. The molecule has 90 valence electrons. The van der Waals surface area contributed by atoms with Crippen molar-refractivity contribution in [1.29, 1.82) is 0 Å². The Morgan fingerprint density at radius 2 is 2.06 bits per heavy atom. The molecule has 0 fully saturated rings. The highest BCUT2D eigenvalue weighted by molar-refractivity contribution is 9.10. The van der Waals surface area contributed by atoms with Crippen LogP contribution in [-0.2, 0) is 15.8 Å². The molecular formula is C10H13BrClNO2S. The molecule has 1 N–H and O–H groups in total. The van der Waals surface area contributed by atoms with E-state index in [-0.39, 0.29) is 11.8 Å². The Morgan fingerprint density at radius 1 is 1.44 bits per heavy atom. The van der Waals surface area contributed by atoms with Gasteiger partial charge in [0.05, 0.1) is 5.75 Å². The highest BCUT2D eigenvalue weighted by Crippen LogP contribution is 2.23. The van der Waals surface area contributed by atoms with Gasteiger partial charge in [-0.2, -0.15) is 0 Å². The van der Waals surface area contributed by atoms with E-state index in [1.54, 1.807) is 32.0 Å². The average molecular weight is 327 g/mol. The molecule has 1 aromatic rings. The summed E-state index contributed by atoms with van der Waals surface area (Å²) in [6, 6.07) is 4.95. The normalized spacial score (nSPS) is 12.1. The SMILES string of the molecule is CC(C)NS(=O)(=O)Cc1ccc(Cl)cc1Br. The van der Waals surface area contributed by atoms with Gasteiger partial charge in [-0.15, -0.1) is 0 Å². The molecule has 0 aliphatic rings. The van der Waals surface area contributed by atoms with E-state index < -0.39 is 10.0 Å². The summed E-state index contributed by atoms with van der Waals surface area (Å²) >= 11 is 9.07. The summed E-state index contributed by atoms with van der Waals surface area (Å²) in [5.41, 5.74) is 0.692. The van der Waals surface area contributed by atoms with Crippen molar-refractivity contribution in [2.24, 2.45) is 0 Å². The first kappa shape index (κ1) is 14.0. The molecule has 6 heteroatoms. The molecule has 0 amide bonds. The Morgan fingerprint density at radius 3 is 2.56 bits per heavy atom. The zero-order valence-electron chi connectivity index (χ0n) is 9.00. The van der Waals surface area contributed by atoms with Gasteiger partial charge < -0.3 is 0 Å². The molecule has 1 rings (SSSR count). The smallest absolute Gasteiger partial charge is 0.212 e. The summed E-state index contributed by atoms with van der Waals surface area (Å²) in [6.45, 7) is 3.57. The van der Waals surface area contributed by atoms with Crippen LogP contribution < -0.4 is 4.72 Å². The first-order valence-electron chi connectivity index (χ1n) is 4.74. The Bertz CT molecular complexity index is 474. The van der Waals surface area contributed by atoms with E-state index in [2.05, 4.69) is 20.7 Å². The number of hydrogen-bond acceptors (Lipinski definition) is 2. The first-order valence-corrected chi connectivity index (χ1v) is 7.56. The van der Waals surface area contributed by atoms with Gasteiger partial charge in [0, 0.05) is 15.5 Å². The monoisotopic (exact) mass is 325 g/mol. The van der Waals surface area contributed by atoms with E-state index in [4.69, 9.17) is 11.6 Å². The van der Waals surface area contributed by atoms with E-state index in [1.807, 2.05) is 0 Å². The van der Waals surface area contributed by atoms with Crippen LogP contribution in [0.25, 0.3) is 0 Å². The lowest BCUT2D eigenvalue weighted by molar-refractivity contribution is 0.569. The third-order valence-electron chi connectivity index (χ3n) is 1.78. The minimum absolute atomic E-state index is 0.0526. The van der Waals surface area contributed by atoms with Gasteiger partial charge in [0.15, 0.2) is 0 Å². The fourth-order valence-corrected chi connectivity index (χ4v) is 3.72. The van der Waals surface area contributed by atoms with Crippen LogP contribution in [0.1, 0.15) is 19.4 Å². The minimum Gasteiger partial charge on any atom is -0.212 e. The molecule has 0 aromatic heterocycles. The van der Waals surface area contributed by atoms with Crippen molar-refractivity contribution >= 4 is 37.6 Å². The van der Waals surface area contributed by atoms with E-state index >= 15 is 0 Å². The summed E-state index contributed by atoms with van der Waals surface area (Å²) in [4.78, 5) is 0. The van der Waals surface area contributed by atoms with Gasteiger partial charge in [-0.25, -0.2) is 13.1 Å². The van der Waals surface area contributed by atoms with Crippen molar-refractivity contribution < 1.29 is 8.42 Å². The molecule has 1 aromatic carbocycles. The maximum Gasteiger partial charge on any atom is 0.216 e. The largest absolute Gasteiger partial charge is 0.216 e. The van der Waals surface area contributed by atoms with Gasteiger partial charge in [0.2, 0.25) is 10.0 Å². The number of benzene rings is 1. The molecule has 0 saturated heterocycles. The third-order valence-corrected chi connectivity index (χ3v) is 4.27. The number of sulfonamides is 1. The summed E-state index contributed by atoms with van der Waals surface area (Å²) in [7, 11) is -3.29. The fraction of sp³-hybridized carbons (Fsp3) is 0.400. The Labute approximate surface area is 109 Å². The molecule has 0 saturated carbocycles. The van der Waals surface area contributed by atoms with Gasteiger partial charge in [-0.1, -0.05) is 33.6 Å². The van der Waals surface area contributed by atoms with Crippen LogP contribution in [0.5, 0.6) is 0 Å². The van der Waals surface area contributed by atoms with Crippen LogP contribution in [0.2, 0.25) is 5.02 Å². The Kier molecular flexibility index (Phi) is 4.79. The topological polar surface area (TPSA) is 46.2 Å². The molecule has 0 spiro atoms. The molecule has 0 radical (unpaired) electrons. The number of halogens is 2. The van der Waals surface area contributed by atoms with Crippen molar-refractivity contribution in [2.75, 3.05) is 0 Å².